The van der Waals surface area contributed by atoms with Gasteiger partial charge in [-0.25, -0.2) is 5.09 Å². The van der Waals surface area contributed by atoms with E-state index in [-0.39, 0.29) is 31.2 Å². The van der Waals surface area contributed by atoms with E-state index >= 15 is 0 Å². The summed E-state index contributed by atoms with van der Waals surface area (Å²) in [5.41, 5.74) is -1.08. The lowest BCUT2D eigenvalue weighted by Crippen LogP contribution is -2.48. The fraction of sp³-hybridized carbons (Fsp3) is 0.786. The summed E-state index contributed by atoms with van der Waals surface area (Å²) >= 11 is 0.801. The summed E-state index contributed by atoms with van der Waals surface area (Å²) in [7, 11) is 0. The van der Waals surface area contributed by atoms with Crippen LogP contribution in [0.4, 0.5) is 0 Å². The predicted octanol–water partition coefficient (Wildman–Crippen LogP) is -0.0698. The van der Waals surface area contributed by atoms with Gasteiger partial charge in [-0.05, 0) is 6.92 Å². The van der Waals surface area contributed by atoms with Gasteiger partial charge in [-0.1, -0.05) is 25.2 Å². The summed E-state index contributed by atoms with van der Waals surface area (Å²) in [6.45, 7) is 0.431. The Morgan fingerprint density at radius 3 is 2.65 bits per heavy atom. The topological polar surface area (TPSA) is 154 Å². The molecule has 150 valence electrons. The number of carboxylic acid groups (broad SMARTS) is 1. The highest BCUT2D eigenvalue weighted by molar-refractivity contribution is 8.56. The molecule has 5 N–H and O–H groups in total. The van der Waals surface area contributed by atoms with Gasteiger partial charge in [0.1, 0.15) is 6.04 Å². The van der Waals surface area contributed by atoms with Crippen molar-refractivity contribution in [2.24, 2.45) is 5.41 Å². The largest absolute Gasteiger partial charge is 0.480 e. The van der Waals surface area contributed by atoms with Gasteiger partial charge in [-0.3, -0.25) is 23.5 Å². The fourth-order valence-electron chi connectivity index (χ4n) is 1.99. The van der Waals surface area contributed by atoms with Crippen LogP contribution in [-0.4, -0.2) is 65.6 Å². The van der Waals surface area contributed by atoms with Crippen LogP contribution in [0.5, 0.6) is 0 Å². The molecule has 1 fully saturated rings. The molecule has 0 radical (unpaired) electrons. The lowest BCUT2D eigenvalue weighted by Gasteiger charge is -2.34. The van der Waals surface area contributed by atoms with Gasteiger partial charge in [-0.2, -0.15) is 0 Å². The number of aliphatic carboxylic acids is 1. The molecule has 12 heteroatoms. The zero-order chi connectivity index (χ0) is 20.0. The summed E-state index contributed by atoms with van der Waals surface area (Å²) in [5, 5.41) is 26.2. The van der Waals surface area contributed by atoms with Crippen molar-refractivity contribution in [3.8, 4) is 0 Å². The van der Waals surface area contributed by atoms with E-state index in [0.717, 1.165) is 11.4 Å². The normalized spacial score (nSPS) is 27.5. The van der Waals surface area contributed by atoms with Gasteiger partial charge in [0.25, 0.3) is 0 Å². The zero-order valence-electron chi connectivity index (χ0n) is 15.0. The van der Waals surface area contributed by atoms with Crippen molar-refractivity contribution in [2.75, 3.05) is 25.4 Å². The summed E-state index contributed by atoms with van der Waals surface area (Å²) in [5.74, 6) is -1.95. The summed E-state index contributed by atoms with van der Waals surface area (Å²) in [6, 6.07) is -1.18. The minimum Gasteiger partial charge on any atom is -0.480 e. The van der Waals surface area contributed by atoms with Crippen molar-refractivity contribution in [1.82, 2.24) is 15.7 Å². The van der Waals surface area contributed by atoms with Gasteiger partial charge < -0.3 is 20.8 Å². The molecule has 0 aromatic heterocycles. The Kier molecular flexibility index (Phi) is 8.55. The van der Waals surface area contributed by atoms with Crippen LogP contribution in [0.1, 0.15) is 27.2 Å². The van der Waals surface area contributed by atoms with Gasteiger partial charge in [0.15, 0.2) is 6.10 Å². The Labute approximate surface area is 156 Å². The lowest BCUT2D eigenvalue weighted by atomic mass is 9.87. The summed E-state index contributed by atoms with van der Waals surface area (Å²) in [6.07, 6.45) is -1.23. The number of aliphatic hydroxyl groups excluding tert-OH is 1. The molecule has 0 aliphatic carbocycles. The van der Waals surface area contributed by atoms with Crippen LogP contribution in [-0.2, 0) is 23.5 Å². The third kappa shape index (κ3) is 6.88. The highest BCUT2D eigenvalue weighted by Crippen LogP contribution is 2.58. The molecular formula is C14H26N3O7PS. The van der Waals surface area contributed by atoms with E-state index in [2.05, 4.69) is 15.7 Å². The number of hydrogen-bond acceptors (Lipinski definition) is 7. The van der Waals surface area contributed by atoms with Gasteiger partial charge in [0.2, 0.25) is 11.8 Å². The second-order valence-corrected chi connectivity index (χ2v) is 10.9. The van der Waals surface area contributed by atoms with Crippen molar-refractivity contribution in [3.05, 3.63) is 0 Å². The smallest absolute Gasteiger partial charge is 0.328 e. The molecule has 1 aliphatic rings. The average Bonchev–Trinajstić information content (AvgIpc) is 2.55. The average molecular weight is 411 g/mol. The summed E-state index contributed by atoms with van der Waals surface area (Å²) in [4.78, 5) is 35.3. The monoisotopic (exact) mass is 411 g/mol. The number of nitrogens with one attached hydrogen (secondary N) is 3. The molecule has 0 bridgehead atoms. The molecule has 0 spiro atoms. The molecule has 1 aliphatic heterocycles. The maximum Gasteiger partial charge on any atom is 0.328 e. The van der Waals surface area contributed by atoms with Crippen LogP contribution in [0, 0.1) is 5.41 Å². The second-order valence-electron chi connectivity index (χ2n) is 6.54. The van der Waals surface area contributed by atoms with Crippen molar-refractivity contribution in [3.63, 3.8) is 0 Å². The maximum absolute atomic E-state index is 13.2. The van der Waals surface area contributed by atoms with E-state index in [9.17, 15) is 24.1 Å². The van der Waals surface area contributed by atoms with Gasteiger partial charge in [-0.15, -0.1) is 0 Å². The third-order valence-electron chi connectivity index (χ3n) is 3.66. The molecule has 26 heavy (non-hydrogen) atoms. The Morgan fingerprint density at radius 1 is 1.42 bits per heavy atom. The van der Waals surface area contributed by atoms with Crippen molar-refractivity contribution >= 4 is 35.9 Å². The molecule has 10 nitrogen and oxygen atoms in total. The van der Waals surface area contributed by atoms with E-state index in [1.165, 1.54) is 6.92 Å². The van der Waals surface area contributed by atoms with Gasteiger partial charge in [0.05, 0.1) is 6.61 Å². The second kappa shape index (κ2) is 9.70. The Balaban J connectivity index is 3.15. The zero-order valence-corrected chi connectivity index (χ0v) is 16.7. The first-order valence-corrected chi connectivity index (χ1v) is 11.3. The molecule has 2 amide bonds. The molecule has 1 heterocycles. The molecule has 0 saturated carbocycles. The molecule has 1 unspecified atom stereocenters. The van der Waals surface area contributed by atoms with Crippen molar-refractivity contribution < 1.29 is 33.7 Å². The quantitative estimate of drug-likeness (QED) is 0.391. The third-order valence-corrected chi connectivity index (χ3v) is 7.72. The molecule has 0 aromatic rings. The molecule has 1 rings (SSSR count). The molecule has 1 saturated heterocycles. The highest BCUT2D eigenvalue weighted by atomic mass is 32.7. The van der Waals surface area contributed by atoms with Crippen molar-refractivity contribution in [2.45, 2.75) is 39.3 Å². The Morgan fingerprint density at radius 2 is 2.08 bits per heavy atom. The summed E-state index contributed by atoms with van der Waals surface area (Å²) < 4.78 is 18.8. The van der Waals surface area contributed by atoms with Crippen LogP contribution in [0.3, 0.4) is 0 Å². The predicted molar refractivity (Wildman–Crippen MR) is 96.7 cm³/mol. The fourth-order valence-corrected chi connectivity index (χ4v) is 6.00. The molecule has 0 aromatic carbocycles. The van der Waals surface area contributed by atoms with E-state index < -0.39 is 42.8 Å². The minimum absolute atomic E-state index is 0.0580. The lowest BCUT2D eigenvalue weighted by molar-refractivity contribution is -0.138. The van der Waals surface area contributed by atoms with Crippen molar-refractivity contribution in [1.29, 1.82) is 0 Å². The Bertz CT molecular complexity index is 587. The van der Waals surface area contributed by atoms with Crippen LogP contribution in [0.2, 0.25) is 0 Å². The van der Waals surface area contributed by atoms with Crippen LogP contribution >= 0.6 is 18.1 Å². The van der Waals surface area contributed by atoms with Crippen LogP contribution in [0.15, 0.2) is 0 Å². The van der Waals surface area contributed by atoms with Crippen LogP contribution in [0.25, 0.3) is 0 Å². The minimum atomic E-state index is -3.84. The highest BCUT2D eigenvalue weighted by Gasteiger charge is 2.42. The van der Waals surface area contributed by atoms with E-state index in [1.807, 2.05) is 0 Å². The number of amides is 2. The van der Waals surface area contributed by atoms with E-state index in [1.54, 1.807) is 13.8 Å². The standard InChI is InChI=1S/C14H26N3O7PS/c1-9(13(21)22)17-25(23)24-11(14(2,3)8-18)12(20)16-5-4-10(19)15-6-7-26-25/h9,11,18H,4-8H2,1-3H3,(H,15,19)(H,16,20)(H,17,23)(H,21,22)/t9-,11-,25?/m0/s1. The molecular weight excluding hydrogens is 385 g/mol. The van der Waals surface area contributed by atoms with Gasteiger partial charge in [0, 0.05) is 30.7 Å². The molecule has 3 atom stereocenters. The first kappa shape index (κ1) is 22.9. The number of rotatable bonds is 5. The van der Waals surface area contributed by atoms with E-state index in [0.29, 0.717) is 0 Å². The number of aliphatic hydroxyl groups is 1. The number of carbonyl (C=O) groups is 3. The first-order chi connectivity index (χ1) is 12.0. The Hall–Kier alpha value is -1.13. The van der Waals surface area contributed by atoms with Crippen LogP contribution < -0.4 is 15.7 Å². The number of carbonyl (C=O) groups excluding carboxylic acids is 2. The number of hydrogen-bond donors (Lipinski definition) is 5. The first-order valence-electron chi connectivity index (χ1n) is 8.09. The van der Waals surface area contributed by atoms with Gasteiger partial charge >= 0.3 is 12.7 Å². The SMILES string of the molecule is C[C@H](NP1(=O)O[C@H](C(C)(C)CO)C(=O)NCCC(=O)NCCS1)C(=O)O. The maximum atomic E-state index is 13.2. The van der Waals surface area contributed by atoms with E-state index in [4.69, 9.17) is 9.63 Å². The number of carboxylic acids is 1.